The number of nitrogens with two attached hydrogens (primary N) is 1. The van der Waals surface area contributed by atoms with Crippen molar-refractivity contribution in [2.24, 2.45) is 11.8 Å². The molecule has 2 aromatic heterocycles. The number of hydrogen-bond donors (Lipinski definition) is 1. The second-order valence-corrected chi connectivity index (χ2v) is 6.05. The van der Waals surface area contributed by atoms with Crippen LogP contribution in [0.15, 0.2) is 48.5 Å². The van der Waals surface area contributed by atoms with Crippen molar-refractivity contribution in [3.05, 3.63) is 54.0 Å². The molecule has 0 saturated carbocycles. The molecule has 0 bridgehead atoms. The Morgan fingerprint density at radius 3 is 3.00 bits per heavy atom. The number of hydrogen-bond acceptors (Lipinski definition) is 3. The topological polar surface area (TPSA) is 56.7 Å². The van der Waals surface area contributed by atoms with E-state index in [2.05, 4.69) is 58.0 Å². The molecule has 0 aromatic carbocycles. The molecule has 4 rings (SSSR count). The number of aryl methyl sites for hydroxylation is 1. The van der Waals surface area contributed by atoms with Gasteiger partial charge in [-0.2, -0.15) is 0 Å². The molecule has 0 amide bonds. The zero-order valence-corrected chi connectivity index (χ0v) is 12.7. The Hall–Kier alpha value is -2.36. The number of allylic oxidation sites excluding steroid dienone is 6. The average Bonchev–Trinajstić information content (AvgIpc) is 3.11. The molecule has 0 aliphatic heterocycles. The Kier molecular flexibility index (Phi) is 3.10. The van der Waals surface area contributed by atoms with Gasteiger partial charge in [-0.25, -0.2) is 9.97 Å². The van der Waals surface area contributed by atoms with Crippen molar-refractivity contribution in [1.29, 1.82) is 0 Å². The maximum absolute atomic E-state index is 6.12. The number of nitrogens with zero attached hydrogens (tertiary/aromatic N) is 3. The molecule has 2 aliphatic rings. The van der Waals surface area contributed by atoms with E-state index in [0.717, 1.165) is 30.4 Å². The molecule has 4 heteroatoms. The van der Waals surface area contributed by atoms with Gasteiger partial charge in [0.25, 0.3) is 0 Å². The third kappa shape index (κ3) is 1.98. The smallest absolute Gasteiger partial charge is 0.145 e. The van der Waals surface area contributed by atoms with Crippen LogP contribution >= 0.6 is 0 Å². The van der Waals surface area contributed by atoms with Crippen LogP contribution in [0, 0.1) is 11.8 Å². The van der Waals surface area contributed by atoms with E-state index in [1.54, 1.807) is 6.33 Å². The van der Waals surface area contributed by atoms with E-state index in [1.165, 1.54) is 11.1 Å². The summed E-state index contributed by atoms with van der Waals surface area (Å²) in [5, 5.41) is 1.02. The summed E-state index contributed by atoms with van der Waals surface area (Å²) >= 11 is 0. The summed E-state index contributed by atoms with van der Waals surface area (Å²) in [4.78, 5) is 8.60. The van der Waals surface area contributed by atoms with E-state index in [0.29, 0.717) is 17.7 Å². The molecule has 2 atom stereocenters. The van der Waals surface area contributed by atoms with Gasteiger partial charge in [0.15, 0.2) is 0 Å². The van der Waals surface area contributed by atoms with E-state index in [4.69, 9.17) is 5.73 Å². The molecule has 2 unspecified atom stereocenters. The van der Waals surface area contributed by atoms with Crippen molar-refractivity contribution in [2.45, 2.75) is 26.3 Å². The Morgan fingerprint density at radius 2 is 2.14 bits per heavy atom. The fourth-order valence-corrected chi connectivity index (χ4v) is 3.71. The average molecular weight is 292 g/mol. The minimum absolute atomic E-state index is 0.538. The lowest BCUT2D eigenvalue weighted by Crippen LogP contribution is -2.10. The molecule has 2 aromatic rings. The van der Waals surface area contributed by atoms with Crippen molar-refractivity contribution in [3.63, 3.8) is 0 Å². The van der Waals surface area contributed by atoms with E-state index in [9.17, 15) is 0 Å². The number of nitrogen functional groups attached to an aromatic ring is 1. The van der Waals surface area contributed by atoms with Crippen LogP contribution in [-0.2, 0) is 13.0 Å². The highest BCUT2D eigenvalue weighted by Crippen LogP contribution is 2.39. The number of fused-ring (bicyclic) bond motifs is 2. The van der Waals surface area contributed by atoms with Crippen molar-refractivity contribution in [3.8, 4) is 0 Å². The predicted octanol–water partition coefficient (Wildman–Crippen LogP) is 3.26. The highest BCUT2D eigenvalue weighted by molar-refractivity contribution is 5.90. The predicted molar refractivity (Wildman–Crippen MR) is 89.3 cm³/mol. The van der Waals surface area contributed by atoms with Crippen LogP contribution in [0.2, 0.25) is 0 Å². The van der Waals surface area contributed by atoms with E-state index in [-0.39, 0.29) is 0 Å². The Morgan fingerprint density at radius 1 is 1.27 bits per heavy atom. The highest BCUT2D eigenvalue weighted by Gasteiger charge is 2.27. The standard InChI is InChI=1S/C18H20N4/c1-2-22-10-14(16-17(19)20-11-21-18(16)22)9-13-8-7-12-5-3-4-6-15(12)13/h3-6,8,10-12,15H,2,7,9H2,1H3,(H2,19,20,21). The van der Waals surface area contributed by atoms with Crippen LogP contribution < -0.4 is 5.73 Å². The number of aromatic nitrogens is 3. The molecule has 0 spiro atoms. The first-order valence-corrected chi connectivity index (χ1v) is 7.90. The van der Waals surface area contributed by atoms with Gasteiger partial charge in [-0.05, 0) is 31.2 Å². The molecular weight excluding hydrogens is 272 g/mol. The Balaban J connectivity index is 1.73. The summed E-state index contributed by atoms with van der Waals surface area (Å²) < 4.78 is 2.16. The van der Waals surface area contributed by atoms with Gasteiger partial charge in [-0.1, -0.05) is 36.0 Å². The molecule has 2 heterocycles. The van der Waals surface area contributed by atoms with E-state index >= 15 is 0 Å². The van der Waals surface area contributed by atoms with Gasteiger partial charge in [-0.15, -0.1) is 0 Å². The van der Waals surface area contributed by atoms with Crippen LogP contribution in [0.3, 0.4) is 0 Å². The van der Waals surface area contributed by atoms with Crippen LogP contribution in [0.1, 0.15) is 18.9 Å². The summed E-state index contributed by atoms with van der Waals surface area (Å²) in [7, 11) is 0. The van der Waals surface area contributed by atoms with Gasteiger partial charge in [0.1, 0.15) is 17.8 Å². The lowest BCUT2D eigenvalue weighted by Gasteiger charge is -2.19. The van der Waals surface area contributed by atoms with E-state index < -0.39 is 0 Å². The summed E-state index contributed by atoms with van der Waals surface area (Å²) in [5.74, 6) is 1.76. The summed E-state index contributed by atoms with van der Waals surface area (Å²) in [6.45, 7) is 3.02. The molecule has 4 nitrogen and oxygen atoms in total. The summed E-state index contributed by atoms with van der Waals surface area (Å²) in [6, 6.07) is 0. The zero-order chi connectivity index (χ0) is 15.1. The Labute approximate surface area is 130 Å². The second kappa shape index (κ2) is 5.13. The van der Waals surface area contributed by atoms with Gasteiger partial charge in [0, 0.05) is 18.7 Å². The molecule has 22 heavy (non-hydrogen) atoms. The van der Waals surface area contributed by atoms with Gasteiger partial charge in [-0.3, -0.25) is 0 Å². The quantitative estimate of drug-likeness (QED) is 0.883. The zero-order valence-electron chi connectivity index (χ0n) is 12.7. The Bertz CT molecular complexity index is 810. The van der Waals surface area contributed by atoms with Gasteiger partial charge in [0.05, 0.1) is 5.39 Å². The number of anilines is 1. The summed E-state index contributed by atoms with van der Waals surface area (Å²) in [6.07, 6.45) is 17.2. The molecular formula is C18H20N4. The van der Waals surface area contributed by atoms with Gasteiger partial charge < -0.3 is 10.3 Å². The molecule has 112 valence electrons. The molecule has 2 aliphatic carbocycles. The first kappa shape index (κ1) is 13.3. The second-order valence-electron chi connectivity index (χ2n) is 6.05. The van der Waals surface area contributed by atoms with Crippen molar-refractivity contribution < 1.29 is 0 Å². The number of rotatable bonds is 3. The minimum Gasteiger partial charge on any atom is -0.383 e. The first-order chi connectivity index (χ1) is 10.8. The van der Waals surface area contributed by atoms with Crippen LogP contribution in [0.4, 0.5) is 5.82 Å². The van der Waals surface area contributed by atoms with Crippen molar-refractivity contribution in [2.75, 3.05) is 5.73 Å². The first-order valence-electron chi connectivity index (χ1n) is 7.90. The van der Waals surface area contributed by atoms with Gasteiger partial charge in [0.2, 0.25) is 0 Å². The van der Waals surface area contributed by atoms with Crippen LogP contribution in [0.5, 0.6) is 0 Å². The molecule has 0 fully saturated rings. The summed E-state index contributed by atoms with van der Waals surface area (Å²) in [5.41, 5.74) is 9.80. The van der Waals surface area contributed by atoms with Crippen molar-refractivity contribution in [1.82, 2.24) is 14.5 Å². The fraction of sp³-hybridized carbons (Fsp3) is 0.333. The normalized spacial score (nSPS) is 23.0. The van der Waals surface area contributed by atoms with Crippen LogP contribution in [0.25, 0.3) is 11.0 Å². The van der Waals surface area contributed by atoms with E-state index in [1.807, 2.05) is 0 Å². The SMILES string of the molecule is CCn1cc(CC2=CCC3C=CC=CC23)c2c(N)ncnc21. The highest BCUT2D eigenvalue weighted by atomic mass is 15.1. The third-order valence-electron chi connectivity index (χ3n) is 4.83. The monoisotopic (exact) mass is 292 g/mol. The third-order valence-corrected chi connectivity index (χ3v) is 4.83. The van der Waals surface area contributed by atoms with Gasteiger partial charge >= 0.3 is 0 Å². The maximum atomic E-state index is 6.12. The lowest BCUT2D eigenvalue weighted by molar-refractivity contribution is 0.571. The van der Waals surface area contributed by atoms with Crippen LogP contribution in [-0.4, -0.2) is 14.5 Å². The fourth-order valence-electron chi connectivity index (χ4n) is 3.71. The van der Waals surface area contributed by atoms with Crippen molar-refractivity contribution >= 4 is 16.9 Å². The molecule has 2 N–H and O–H groups in total. The molecule has 0 saturated heterocycles. The molecule has 0 radical (unpaired) electrons. The largest absolute Gasteiger partial charge is 0.383 e. The minimum atomic E-state index is 0.538. The lowest BCUT2D eigenvalue weighted by atomic mass is 9.85. The maximum Gasteiger partial charge on any atom is 0.145 e.